The summed E-state index contributed by atoms with van der Waals surface area (Å²) < 4.78 is 10.5. The second-order valence-corrected chi connectivity index (χ2v) is 6.02. The third-order valence-electron chi connectivity index (χ3n) is 4.04. The number of ether oxygens (including phenoxy) is 1. The molecule has 1 aromatic heterocycles. The molecule has 0 aromatic carbocycles. The van der Waals surface area contributed by atoms with Gasteiger partial charge in [0.15, 0.2) is 6.10 Å². The number of esters is 1. The number of carbonyl (C=O) groups is 2. The van der Waals surface area contributed by atoms with E-state index in [0.29, 0.717) is 23.6 Å². The molecule has 1 N–H and O–H groups in total. The van der Waals surface area contributed by atoms with Crippen LogP contribution in [0.5, 0.6) is 0 Å². The van der Waals surface area contributed by atoms with Crippen molar-refractivity contribution in [2.75, 3.05) is 6.54 Å². The third kappa shape index (κ3) is 4.98. The van der Waals surface area contributed by atoms with E-state index in [0.717, 1.165) is 19.3 Å². The van der Waals surface area contributed by atoms with E-state index in [1.165, 1.54) is 18.4 Å². The van der Waals surface area contributed by atoms with E-state index >= 15 is 0 Å². The van der Waals surface area contributed by atoms with Gasteiger partial charge < -0.3 is 14.5 Å². The lowest BCUT2D eigenvalue weighted by Gasteiger charge is -2.15. The van der Waals surface area contributed by atoms with Crippen molar-refractivity contribution >= 4 is 11.9 Å². The van der Waals surface area contributed by atoms with E-state index in [4.69, 9.17) is 9.15 Å². The molecule has 5 heteroatoms. The number of nitrogens with one attached hydrogen (secondary N) is 1. The predicted molar refractivity (Wildman–Crippen MR) is 87.2 cm³/mol. The monoisotopic (exact) mass is 319 g/mol. The molecule has 1 amide bonds. The van der Waals surface area contributed by atoms with E-state index in [1.54, 1.807) is 26.8 Å². The van der Waals surface area contributed by atoms with Crippen molar-refractivity contribution in [3.63, 3.8) is 0 Å². The van der Waals surface area contributed by atoms with Crippen molar-refractivity contribution in [3.05, 3.63) is 34.8 Å². The molecule has 1 aliphatic carbocycles. The van der Waals surface area contributed by atoms with Crippen LogP contribution in [0.1, 0.15) is 60.9 Å². The summed E-state index contributed by atoms with van der Waals surface area (Å²) in [7, 11) is 0. The zero-order valence-electron chi connectivity index (χ0n) is 14.1. The van der Waals surface area contributed by atoms with Crippen LogP contribution in [0.3, 0.4) is 0 Å². The van der Waals surface area contributed by atoms with Crippen molar-refractivity contribution in [2.24, 2.45) is 0 Å². The van der Waals surface area contributed by atoms with Crippen LogP contribution in [0.15, 0.2) is 22.1 Å². The van der Waals surface area contributed by atoms with Crippen LogP contribution in [0.25, 0.3) is 0 Å². The lowest BCUT2D eigenvalue weighted by molar-refractivity contribution is -0.129. The number of hydrogen-bond donors (Lipinski definition) is 1. The Bertz CT molecular complexity index is 600. The molecule has 0 spiro atoms. The van der Waals surface area contributed by atoms with Gasteiger partial charge in [0.1, 0.15) is 17.1 Å². The van der Waals surface area contributed by atoms with Gasteiger partial charge >= 0.3 is 5.97 Å². The molecule has 1 aliphatic rings. The van der Waals surface area contributed by atoms with Gasteiger partial charge in [-0.1, -0.05) is 11.6 Å². The molecule has 1 aromatic rings. The zero-order chi connectivity index (χ0) is 16.8. The SMILES string of the molecule is Cc1cc(C(=O)OC(C)C(=O)NCCC2=CCCCC2)c(C)o1. The normalized spacial score (nSPS) is 15.7. The van der Waals surface area contributed by atoms with Crippen molar-refractivity contribution in [1.82, 2.24) is 5.32 Å². The van der Waals surface area contributed by atoms with Gasteiger partial charge in [-0.05, 0) is 58.9 Å². The van der Waals surface area contributed by atoms with E-state index in [2.05, 4.69) is 11.4 Å². The first kappa shape index (κ1) is 17.3. The molecule has 0 radical (unpaired) electrons. The summed E-state index contributed by atoms with van der Waals surface area (Å²) >= 11 is 0. The fourth-order valence-corrected chi connectivity index (χ4v) is 2.73. The summed E-state index contributed by atoms with van der Waals surface area (Å²) in [5.41, 5.74) is 1.78. The van der Waals surface area contributed by atoms with Crippen molar-refractivity contribution in [1.29, 1.82) is 0 Å². The largest absolute Gasteiger partial charge is 0.466 e. The van der Waals surface area contributed by atoms with E-state index in [9.17, 15) is 9.59 Å². The number of furan rings is 1. The quantitative estimate of drug-likeness (QED) is 0.644. The second kappa shape index (κ2) is 7.99. The molecule has 126 valence electrons. The summed E-state index contributed by atoms with van der Waals surface area (Å²) in [4.78, 5) is 24.1. The molecule has 23 heavy (non-hydrogen) atoms. The topological polar surface area (TPSA) is 68.5 Å². The molecule has 1 heterocycles. The average molecular weight is 319 g/mol. The molecular weight excluding hydrogens is 294 g/mol. The van der Waals surface area contributed by atoms with E-state index in [-0.39, 0.29) is 5.91 Å². The van der Waals surface area contributed by atoms with Crippen molar-refractivity contribution < 1.29 is 18.7 Å². The highest BCUT2D eigenvalue weighted by molar-refractivity contribution is 5.93. The van der Waals surface area contributed by atoms with Crippen molar-refractivity contribution in [2.45, 2.75) is 59.0 Å². The number of rotatable bonds is 6. The fraction of sp³-hybridized carbons (Fsp3) is 0.556. The van der Waals surface area contributed by atoms with Crippen LogP contribution < -0.4 is 5.32 Å². The molecule has 2 rings (SSSR count). The standard InChI is InChI=1S/C18H25NO4/c1-12-11-16(13(2)22-12)18(21)23-14(3)17(20)19-10-9-15-7-5-4-6-8-15/h7,11,14H,4-6,8-10H2,1-3H3,(H,19,20). The Hall–Kier alpha value is -2.04. The van der Waals surface area contributed by atoms with Crippen LogP contribution in [-0.4, -0.2) is 24.5 Å². The lowest BCUT2D eigenvalue weighted by Crippen LogP contribution is -2.36. The maximum Gasteiger partial charge on any atom is 0.342 e. The van der Waals surface area contributed by atoms with Gasteiger partial charge in [-0.15, -0.1) is 0 Å². The van der Waals surface area contributed by atoms with Crippen LogP contribution in [0.2, 0.25) is 0 Å². The first-order valence-electron chi connectivity index (χ1n) is 8.21. The molecule has 1 unspecified atom stereocenters. The first-order valence-corrected chi connectivity index (χ1v) is 8.21. The molecule has 5 nitrogen and oxygen atoms in total. The highest BCUT2D eigenvalue weighted by Crippen LogP contribution is 2.19. The maximum atomic E-state index is 12.0. The van der Waals surface area contributed by atoms with Crippen LogP contribution in [0, 0.1) is 13.8 Å². The molecule has 0 aliphatic heterocycles. The van der Waals surface area contributed by atoms with Gasteiger partial charge in [0, 0.05) is 6.54 Å². The third-order valence-corrected chi connectivity index (χ3v) is 4.04. The average Bonchev–Trinajstić information content (AvgIpc) is 2.87. The Kier molecular flexibility index (Phi) is 6.02. The highest BCUT2D eigenvalue weighted by atomic mass is 16.5. The minimum Gasteiger partial charge on any atom is -0.466 e. The Balaban J connectivity index is 1.77. The Labute approximate surface area is 137 Å². The molecular formula is C18H25NO4. The van der Waals surface area contributed by atoms with Gasteiger partial charge in [0.2, 0.25) is 0 Å². The number of aryl methyl sites for hydroxylation is 2. The van der Waals surface area contributed by atoms with Gasteiger partial charge in [-0.3, -0.25) is 4.79 Å². The number of carbonyl (C=O) groups excluding carboxylic acids is 2. The Morgan fingerprint density at radius 3 is 2.74 bits per heavy atom. The summed E-state index contributed by atoms with van der Waals surface area (Å²) in [6, 6.07) is 1.62. The molecule has 1 atom stereocenters. The molecule has 0 saturated carbocycles. The van der Waals surface area contributed by atoms with Gasteiger partial charge in [0.25, 0.3) is 5.91 Å². The first-order chi connectivity index (χ1) is 11.0. The minimum atomic E-state index is -0.822. The van der Waals surface area contributed by atoms with Crippen LogP contribution in [0.4, 0.5) is 0 Å². The fourth-order valence-electron chi connectivity index (χ4n) is 2.73. The predicted octanol–water partition coefficient (Wildman–Crippen LogP) is 3.45. The number of amides is 1. The number of allylic oxidation sites excluding steroid dienone is 1. The van der Waals surface area contributed by atoms with E-state index < -0.39 is 12.1 Å². The summed E-state index contributed by atoms with van der Waals surface area (Å²) in [5.74, 6) is 0.348. The van der Waals surface area contributed by atoms with Gasteiger partial charge in [-0.2, -0.15) is 0 Å². The molecule has 0 bridgehead atoms. The summed E-state index contributed by atoms with van der Waals surface area (Å²) in [6.45, 7) is 5.62. The minimum absolute atomic E-state index is 0.271. The number of hydrogen-bond acceptors (Lipinski definition) is 4. The molecule has 0 saturated heterocycles. The molecule has 0 fully saturated rings. The van der Waals surface area contributed by atoms with Gasteiger partial charge in [-0.25, -0.2) is 4.79 Å². The summed E-state index contributed by atoms with van der Waals surface area (Å²) in [6.07, 6.45) is 7.07. The Morgan fingerprint density at radius 1 is 1.35 bits per heavy atom. The van der Waals surface area contributed by atoms with Crippen molar-refractivity contribution in [3.8, 4) is 0 Å². The van der Waals surface area contributed by atoms with Crippen LogP contribution in [-0.2, 0) is 9.53 Å². The second-order valence-electron chi connectivity index (χ2n) is 6.02. The van der Waals surface area contributed by atoms with Gasteiger partial charge in [0.05, 0.1) is 0 Å². The lowest BCUT2D eigenvalue weighted by atomic mass is 9.97. The smallest absolute Gasteiger partial charge is 0.342 e. The van der Waals surface area contributed by atoms with Crippen LogP contribution >= 0.6 is 0 Å². The van der Waals surface area contributed by atoms with E-state index in [1.807, 2.05) is 0 Å². The Morgan fingerprint density at radius 2 is 2.13 bits per heavy atom. The maximum absolute atomic E-state index is 12.0. The zero-order valence-corrected chi connectivity index (χ0v) is 14.1. The highest BCUT2D eigenvalue weighted by Gasteiger charge is 2.21. The summed E-state index contributed by atoms with van der Waals surface area (Å²) in [5, 5.41) is 2.83.